The summed E-state index contributed by atoms with van der Waals surface area (Å²) in [5.41, 5.74) is 2.86. The van der Waals surface area contributed by atoms with E-state index in [1.165, 1.54) is 11.4 Å². The predicted molar refractivity (Wildman–Crippen MR) is 141 cm³/mol. The van der Waals surface area contributed by atoms with Gasteiger partial charge in [0.15, 0.2) is 10.7 Å². The van der Waals surface area contributed by atoms with Crippen LogP contribution in [0.2, 0.25) is 0 Å². The molecule has 2 aromatic carbocycles. The average Bonchev–Trinajstić information content (AvgIpc) is 3.29. The van der Waals surface area contributed by atoms with Crippen molar-refractivity contribution < 1.29 is 27.2 Å². The van der Waals surface area contributed by atoms with Crippen molar-refractivity contribution in [2.24, 2.45) is 5.92 Å². The van der Waals surface area contributed by atoms with E-state index < -0.39 is 10.0 Å². The van der Waals surface area contributed by atoms with E-state index in [-0.39, 0.29) is 35.6 Å². The minimum atomic E-state index is -3.86. The van der Waals surface area contributed by atoms with Gasteiger partial charge in [0.2, 0.25) is 15.9 Å². The van der Waals surface area contributed by atoms with E-state index in [0.717, 1.165) is 11.1 Å². The summed E-state index contributed by atoms with van der Waals surface area (Å²) >= 11 is 0. The first-order valence-electron chi connectivity index (χ1n) is 12.0. The number of aromatic nitrogens is 1. The van der Waals surface area contributed by atoms with Crippen molar-refractivity contribution in [2.75, 3.05) is 32.6 Å². The lowest BCUT2D eigenvalue weighted by molar-refractivity contribution is -0.120. The van der Waals surface area contributed by atoms with Gasteiger partial charge in [0, 0.05) is 25.1 Å². The Kier molecular flexibility index (Phi) is 7.99. The molecular formula is C27H31N3O6S. The van der Waals surface area contributed by atoms with Crippen LogP contribution < -0.4 is 14.8 Å². The molecule has 0 spiro atoms. The topological polar surface area (TPSA) is 111 Å². The molecule has 2 heterocycles. The number of amides is 1. The maximum Gasteiger partial charge on any atom is 0.248 e. The first-order chi connectivity index (χ1) is 17.7. The first kappa shape index (κ1) is 26.4. The number of aryl methyl sites for hydroxylation is 2. The summed E-state index contributed by atoms with van der Waals surface area (Å²) in [6.45, 7) is 4.03. The van der Waals surface area contributed by atoms with Crippen LogP contribution in [0.5, 0.6) is 11.5 Å². The normalized spacial score (nSPS) is 15.1. The minimum Gasteiger partial charge on any atom is -0.497 e. The van der Waals surface area contributed by atoms with Crippen LogP contribution in [0.15, 0.2) is 51.9 Å². The van der Waals surface area contributed by atoms with Crippen molar-refractivity contribution in [3.63, 3.8) is 0 Å². The number of carbonyl (C=O) groups excluding carboxylic acids is 1. The number of methoxy groups -OCH3 is 2. The number of benzene rings is 2. The Hall–Kier alpha value is -3.63. The number of carbonyl (C=O) groups is 1. The molecule has 1 amide bonds. The molecule has 4 rings (SSSR count). The van der Waals surface area contributed by atoms with Crippen LogP contribution in [0.4, 0.5) is 5.69 Å². The number of sulfonamides is 1. The molecule has 37 heavy (non-hydrogen) atoms. The van der Waals surface area contributed by atoms with E-state index >= 15 is 0 Å². The summed E-state index contributed by atoms with van der Waals surface area (Å²) in [6.07, 6.45) is 4.19. The van der Waals surface area contributed by atoms with Gasteiger partial charge in [-0.05, 0) is 50.5 Å². The Morgan fingerprint density at radius 2 is 1.76 bits per heavy atom. The number of anilines is 1. The van der Waals surface area contributed by atoms with Gasteiger partial charge in [-0.2, -0.15) is 4.31 Å². The van der Waals surface area contributed by atoms with Crippen LogP contribution in [-0.4, -0.2) is 51.1 Å². The quantitative estimate of drug-likeness (QED) is 0.460. The van der Waals surface area contributed by atoms with E-state index in [1.807, 2.05) is 31.2 Å². The monoisotopic (exact) mass is 525 g/mol. The zero-order chi connectivity index (χ0) is 26.6. The number of nitrogens with zero attached hydrogens (tertiary/aromatic N) is 2. The van der Waals surface area contributed by atoms with Gasteiger partial charge < -0.3 is 19.3 Å². The third kappa shape index (κ3) is 5.86. The Bertz CT molecular complexity index is 1390. The van der Waals surface area contributed by atoms with Gasteiger partial charge in [-0.15, -0.1) is 0 Å². The van der Waals surface area contributed by atoms with Crippen LogP contribution in [0, 0.1) is 19.8 Å². The predicted octanol–water partition coefficient (Wildman–Crippen LogP) is 4.52. The summed E-state index contributed by atoms with van der Waals surface area (Å²) in [4.78, 5) is 13.0. The second kappa shape index (κ2) is 11.2. The highest BCUT2D eigenvalue weighted by Crippen LogP contribution is 2.32. The second-order valence-electron chi connectivity index (χ2n) is 8.94. The summed E-state index contributed by atoms with van der Waals surface area (Å²) in [6, 6.07) is 13.0. The fourth-order valence-electron chi connectivity index (χ4n) is 4.28. The lowest BCUT2D eigenvalue weighted by Gasteiger charge is -2.30. The van der Waals surface area contributed by atoms with E-state index in [1.54, 1.807) is 44.4 Å². The van der Waals surface area contributed by atoms with Crippen molar-refractivity contribution in [3.05, 3.63) is 65.0 Å². The van der Waals surface area contributed by atoms with E-state index in [0.29, 0.717) is 35.7 Å². The summed E-state index contributed by atoms with van der Waals surface area (Å²) in [7, 11) is -0.790. The van der Waals surface area contributed by atoms with Crippen LogP contribution in [0.3, 0.4) is 0 Å². The van der Waals surface area contributed by atoms with Gasteiger partial charge in [-0.3, -0.25) is 4.79 Å². The SMILES string of the molecule is COc1ccc(OC)c(NC(=O)C2CCN(S(=O)(=O)c3c(C)noc3/C=C/c3ccc(C)cc3)CC2)c1. The standard InChI is InChI=1S/C27H31N3O6S/c1-18-5-7-20(8-6-18)9-11-25-26(19(2)29-36-25)37(32,33)30-15-13-21(14-16-30)27(31)28-23-17-22(34-3)10-12-24(23)35-4/h5-12,17,21H,13-16H2,1-4H3,(H,28,31)/b11-9+. The Balaban J connectivity index is 1.45. The lowest BCUT2D eigenvalue weighted by atomic mass is 9.97. The van der Waals surface area contributed by atoms with Crippen molar-refractivity contribution in [1.29, 1.82) is 0 Å². The molecule has 1 saturated heterocycles. The summed E-state index contributed by atoms with van der Waals surface area (Å²) in [5.74, 6) is 0.762. The molecule has 1 aliphatic heterocycles. The molecule has 196 valence electrons. The minimum absolute atomic E-state index is 0.0554. The molecule has 10 heteroatoms. The molecule has 9 nitrogen and oxygen atoms in total. The third-order valence-electron chi connectivity index (χ3n) is 6.42. The summed E-state index contributed by atoms with van der Waals surface area (Å²) < 4.78 is 44.4. The number of ether oxygens (including phenoxy) is 2. The fourth-order valence-corrected chi connectivity index (χ4v) is 6.00. The maximum absolute atomic E-state index is 13.5. The number of nitrogens with one attached hydrogen (secondary N) is 1. The molecule has 0 unspecified atom stereocenters. The molecule has 1 aromatic heterocycles. The molecule has 1 fully saturated rings. The molecule has 0 bridgehead atoms. The number of piperidine rings is 1. The highest BCUT2D eigenvalue weighted by molar-refractivity contribution is 7.89. The highest BCUT2D eigenvalue weighted by atomic mass is 32.2. The molecule has 0 atom stereocenters. The van der Waals surface area contributed by atoms with Gasteiger partial charge in [0.05, 0.1) is 19.9 Å². The van der Waals surface area contributed by atoms with E-state index in [9.17, 15) is 13.2 Å². The lowest BCUT2D eigenvalue weighted by Crippen LogP contribution is -2.41. The number of rotatable bonds is 8. The van der Waals surface area contributed by atoms with Crippen molar-refractivity contribution in [1.82, 2.24) is 9.46 Å². The average molecular weight is 526 g/mol. The Labute approximate surface area is 217 Å². The smallest absolute Gasteiger partial charge is 0.248 e. The molecule has 0 radical (unpaired) electrons. The van der Waals surface area contributed by atoms with Crippen molar-refractivity contribution in [2.45, 2.75) is 31.6 Å². The fraction of sp³-hybridized carbons (Fsp3) is 0.333. The van der Waals surface area contributed by atoms with E-state index in [4.69, 9.17) is 14.0 Å². The molecule has 1 aliphatic rings. The largest absolute Gasteiger partial charge is 0.497 e. The van der Waals surface area contributed by atoms with E-state index in [2.05, 4.69) is 10.5 Å². The zero-order valence-corrected chi connectivity index (χ0v) is 22.2. The van der Waals surface area contributed by atoms with Gasteiger partial charge in [-0.25, -0.2) is 8.42 Å². The molecule has 1 N–H and O–H groups in total. The van der Waals surface area contributed by atoms with Crippen LogP contribution >= 0.6 is 0 Å². The zero-order valence-electron chi connectivity index (χ0n) is 21.4. The van der Waals surface area contributed by atoms with Crippen LogP contribution in [-0.2, 0) is 14.8 Å². The van der Waals surface area contributed by atoms with Crippen molar-refractivity contribution in [3.8, 4) is 11.5 Å². The van der Waals surface area contributed by atoms with Crippen LogP contribution in [0.25, 0.3) is 12.2 Å². The number of hydrogen-bond acceptors (Lipinski definition) is 7. The Morgan fingerprint density at radius 3 is 2.41 bits per heavy atom. The number of hydrogen-bond donors (Lipinski definition) is 1. The molecule has 0 saturated carbocycles. The van der Waals surface area contributed by atoms with Gasteiger partial charge in [0.25, 0.3) is 0 Å². The van der Waals surface area contributed by atoms with Gasteiger partial charge in [-0.1, -0.05) is 41.1 Å². The molecule has 3 aromatic rings. The summed E-state index contributed by atoms with van der Waals surface area (Å²) in [5, 5.41) is 6.80. The first-order valence-corrected chi connectivity index (χ1v) is 13.4. The maximum atomic E-state index is 13.5. The van der Waals surface area contributed by atoms with Crippen LogP contribution in [0.1, 0.15) is 35.4 Å². The van der Waals surface area contributed by atoms with Crippen molar-refractivity contribution >= 4 is 33.8 Å². The highest BCUT2D eigenvalue weighted by Gasteiger charge is 2.36. The second-order valence-corrected chi connectivity index (χ2v) is 10.8. The molecule has 0 aliphatic carbocycles. The third-order valence-corrected chi connectivity index (χ3v) is 8.48. The van der Waals surface area contributed by atoms with Gasteiger partial charge in [0.1, 0.15) is 17.2 Å². The Morgan fingerprint density at radius 1 is 1.05 bits per heavy atom. The molecular weight excluding hydrogens is 494 g/mol. The van der Waals surface area contributed by atoms with Gasteiger partial charge >= 0.3 is 0 Å².